The van der Waals surface area contributed by atoms with Crippen molar-refractivity contribution in [1.29, 1.82) is 0 Å². The van der Waals surface area contributed by atoms with E-state index >= 15 is 0 Å². The lowest BCUT2D eigenvalue weighted by Gasteiger charge is -2.23. The van der Waals surface area contributed by atoms with Crippen LogP contribution in [0.25, 0.3) is 10.9 Å². The van der Waals surface area contributed by atoms with Gasteiger partial charge in [-0.2, -0.15) is 0 Å². The highest BCUT2D eigenvalue weighted by molar-refractivity contribution is 5.85. The lowest BCUT2D eigenvalue weighted by molar-refractivity contribution is 0.0505. The number of ether oxygens (including phenoxy) is 1. The van der Waals surface area contributed by atoms with E-state index in [1.807, 2.05) is 0 Å². The fourth-order valence-electron chi connectivity index (χ4n) is 2.15. The van der Waals surface area contributed by atoms with Crippen molar-refractivity contribution in [2.24, 2.45) is 5.73 Å². The molecule has 0 fully saturated rings. The number of nitrogens with one attached hydrogen (secondary N) is 2. The van der Waals surface area contributed by atoms with Crippen molar-refractivity contribution in [3.05, 3.63) is 35.8 Å². The van der Waals surface area contributed by atoms with Crippen LogP contribution in [0.3, 0.4) is 0 Å². The first kappa shape index (κ1) is 15.3. The van der Waals surface area contributed by atoms with Gasteiger partial charge in [-0.25, -0.2) is 9.18 Å². The number of benzene rings is 1. The molecule has 1 aromatic carbocycles. The Morgan fingerprint density at radius 2 is 2.19 bits per heavy atom. The molecular weight excluding hydrogens is 273 g/mol. The van der Waals surface area contributed by atoms with Crippen LogP contribution < -0.4 is 11.1 Å². The number of H-pyrrole nitrogens is 1. The number of nitrogens with two attached hydrogens (primary N) is 1. The first-order chi connectivity index (χ1) is 9.81. The highest BCUT2D eigenvalue weighted by Crippen LogP contribution is 2.26. The van der Waals surface area contributed by atoms with E-state index in [2.05, 4.69) is 10.3 Å². The van der Waals surface area contributed by atoms with Crippen LogP contribution in [0.5, 0.6) is 0 Å². The van der Waals surface area contributed by atoms with Gasteiger partial charge in [-0.05, 0) is 32.9 Å². The average Bonchev–Trinajstić information content (AvgIpc) is 2.79. The molecule has 4 N–H and O–H groups in total. The van der Waals surface area contributed by atoms with E-state index in [-0.39, 0.29) is 12.4 Å². The maximum Gasteiger partial charge on any atom is 0.408 e. The zero-order chi connectivity index (χ0) is 15.6. The highest BCUT2D eigenvalue weighted by atomic mass is 19.1. The predicted octanol–water partition coefficient (Wildman–Crippen LogP) is 2.83. The van der Waals surface area contributed by atoms with Crippen LogP contribution in [-0.2, 0) is 4.74 Å². The Hall–Kier alpha value is -2.08. The van der Waals surface area contributed by atoms with E-state index in [1.54, 1.807) is 39.1 Å². The molecule has 21 heavy (non-hydrogen) atoms. The Labute approximate surface area is 122 Å². The van der Waals surface area contributed by atoms with Crippen molar-refractivity contribution in [2.75, 3.05) is 6.54 Å². The summed E-state index contributed by atoms with van der Waals surface area (Å²) in [6, 6.07) is 4.24. The summed E-state index contributed by atoms with van der Waals surface area (Å²) >= 11 is 0. The fourth-order valence-corrected chi connectivity index (χ4v) is 2.15. The minimum absolute atomic E-state index is 0.139. The molecule has 6 heteroatoms. The molecule has 2 rings (SSSR count). The smallest absolute Gasteiger partial charge is 0.408 e. The molecule has 0 saturated carbocycles. The van der Waals surface area contributed by atoms with Crippen molar-refractivity contribution in [1.82, 2.24) is 10.3 Å². The van der Waals surface area contributed by atoms with E-state index in [1.165, 1.54) is 6.07 Å². The molecule has 114 valence electrons. The van der Waals surface area contributed by atoms with Crippen LogP contribution in [-0.4, -0.2) is 23.2 Å². The van der Waals surface area contributed by atoms with Crippen molar-refractivity contribution >= 4 is 17.0 Å². The molecule has 0 radical (unpaired) electrons. The Morgan fingerprint density at radius 1 is 1.48 bits per heavy atom. The number of alkyl carbamates (subject to hydrolysis) is 1. The topological polar surface area (TPSA) is 80.1 Å². The quantitative estimate of drug-likeness (QED) is 0.814. The monoisotopic (exact) mass is 293 g/mol. The number of carbonyl (C=O) groups excluding carboxylic acids is 1. The van der Waals surface area contributed by atoms with Gasteiger partial charge in [0.1, 0.15) is 11.4 Å². The fraction of sp³-hybridized carbons (Fsp3) is 0.400. The van der Waals surface area contributed by atoms with Crippen molar-refractivity contribution in [3.8, 4) is 0 Å². The molecule has 0 spiro atoms. The van der Waals surface area contributed by atoms with Gasteiger partial charge >= 0.3 is 6.09 Å². The van der Waals surface area contributed by atoms with Gasteiger partial charge in [0.05, 0.1) is 6.04 Å². The second-order valence-corrected chi connectivity index (χ2v) is 5.84. The first-order valence-corrected chi connectivity index (χ1v) is 6.77. The summed E-state index contributed by atoms with van der Waals surface area (Å²) in [7, 11) is 0. The zero-order valence-corrected chi connectivity index (χ0v) is 12.4. The number of aromatic nitrogens is 1. The average molecular weight is 293 g/mol. The molecule has 1 heterocycles. The molecule has 5 nitrogen and oxygen atoms in total. The molecule has 2 aromatic rings. The standard InChI is InChI=1S/C15H20FN3O2/c1-15(2,3)21-14(20)19-12(7-17)9-8-18-11-6-4-5-10(16)13(9)11/h4-6,8,12,18H,7,17H2,1-3H3,(H,19,20). The highest BCUT2D eigenvalue weighted by Gasteiger charge is 2.22. The lowest BCUT2D eigenvalue weighted by atomic mass is 10.1. The van der Waals surface area contributed by atoms with Crippen molar-refractivity contribution in [2.45, 2.75) is 32.4 Å². The number of carbonyl (C=O) groups is 1. The minimum atomic E-state index is -0.602. The van der Waals surface area contributed by atoms with Crippen molar-refractivity contribution in [3.63, 3.8) is 0 Å². The Morgan fingerprint density at radius 3 is 2.81 bits per heavy atom. The summed E-state index contributed by atoms with van der Waals surface area (Å²) in [6.45, 7) is 5.46. The van der Waals surface area contributed by atoms with Crippen LogP contribution in [0.15, 0.2) is 24.4 Å². The van der Waals surface area contributed by atoms with Crippen LogP contribution in [0, 0.1) is 5.82 Å². The van der Waals surface area contributed by atoms with E-state index in [0.29, 0.717) is 16.5 Å². The molecule has 1 aromatic heterocycles. The summed E-state index contributed by atoms with van der Waals surface area (Å²) in [5.74, 6) is -0.354. The number of hydrogen-bond acceptors (Lipinski definition) is 3. The normalized spacial score (nSPS) is 13.2. The van der Waals surface area contributed by atoms with Gasteiger partial charge in [0.2, 0.25) is 0 Å². The number of amides is 1. The zero-order valence-electron chi connectivity index (χ0n) is 12.4. The second-order valence-electron chi connectivity index (χ2n) is 5.84. The van der Waals surface area contributed by atoms with Gasteiger partial charge in [-0.1, -0.05) is 6.07 Å². The molecule has 0 aliphatic carbocycles. The predicted molar refractivity (Wildman–Crippen MR) is 79.4 cm³/mol. The summed E-state index contributed by atoms with van der Waals surface area (Å²) in [4.78, 5) is 14.8. The molecule has 1 atom stereocenters. The van der Waals surface area contributed by atoms with E-state index in [4.69, 9.17) is 10.5 Å². The molecule has 1 amide bonds. The summed E-state index contributed by atoms with van der Waals surface area (Å²) in [6.07, 6.45) is 1.08. The van der Waals surface area contributed by atoms with E-state index < -0.39 is 17.7 Å². The van der Waals surface area contributed by atoms with Crippen LogP contribution >= 0.6 is 0 Å². The number of aromatic amines is 1. The third kappa shape index (κ3) is 3.52. The molecule has 0 saturated heterocycles. The molecule has 0 aliphatic heterocycles. The third-order valence-electron chi connectivity index (χ3n) is 2.99. The summed E-state index contributed by atoms with van der Waals surface area (Å²) < 4.78 is 19.2. The Bertz CT molecular complexity index is 646. The maximum atomic E-state index is 14.0. The van der Waals surface area contributed by atoms with Crippen LogP contribution in [0.2, 0.25) is 0 Å². The molecule has 0 bridgehead atoms. The first-order valence-electron chi connectivity index (χ1n) is 6.77. The van der Waals surface area contributed by atoms with E-state index in [0.717, 1.165) is 0 Å². The molecular formula is C15H20FN3O2. The van der Waals surface area contributed by atoms with Gasteiger partial charge < -0.3 is 20.8 Å². The Kier molecular flexibility index (Phi) is 4.18. The van der Waals surface area contributed by atoms with Crippen LogP contribution in [0.4, 0.5) is 9.18 Å². The molecule has 0 aliphatic rings. The minimum Gasteiger partial charge on any atom is -0.444 e. The lowest BCUT2D eigenvalue weighted by Crippen LogP contribution is -2.37. The third-order valence-corrected chi connectivity index (χ3v) is 2.99. The number of hydrogen-bond donors (Lipinski definition) is 3. The van der Waals surface area contributed by atoms with Crippen LogP contribution in [0.1, 0.15) is 32.4 Å². The van der Waals surface area contributed by atoms with E-state index in [9.17, 15) is 9.18 Å². The summed E-state index contributed by atoms with van der Waals surface area (Å²) in [5.41, 5.74) is 6.38. The van der Waals surface area contributed by atoms with Gasteiger partial charge in [-0.15, -0.1) is 0 Å². The Balaban J connectivity index is 2.26. The number of fused-ring (bicyclic) bond motifs is 1. The van der Waals surface area contributed by atoms with Gasteiger partial charge in [-0.3, -0.25) is 0 Å². The number of halogens is 1. The number of rotatable bonds is 3. The summed E-state index contributed by atoms with van der Waals surface area (Å²) in [5, 5.41) is 3.11. The largest absolute Gasteiger partial charge is 0.444 e. The maximum absolute atomic E-state index is 14.0. The molecule has 1 unspecified atom stereocenters. The SMILES string of the molecule is CC(C)(C)OC(=O)NC(CN)c1c[nH]c2cccc(F)c12. The second kappa shape index (κ2) is 5.73. The van der Waals surface area contributed by atoms with Gasteiger partial charge in [0, 0.05) is 29.2 Å². The van der Waals surface area contributed by atoms with Gasteiger partial charge in [0.15, 0.2) is 0 Å². The van der Waals surface area contributed by atoms with Crippen molar-refractivity contribution < 1.29 is 13.9 Å². The van der Waals surface area contributed by atoms with Gasteiger partial charge in [0.25, 0.3) is 0 Å².